The van der Waals surface area contributed by atoms with Crippen LogP contribution in [0, 0.1) is 35.5 Å². The van der Waals surface area contributed by atoms with Gasteiger partial charge in [-0.25, -0.2) is 0 Å². The molecule has 2 saturated heterocycles. The molecule has 2 N–H and O–H groups in total. The Morgan fingerprint density at radius 2 is 0.897 bits per heavy atom. The SMILES string of the molecule is CC(C)CC(=O)OC[C@H]1O[C@H](O[C@]2(COC(=O)CC(C)C)O[C@H](OC(=O)CC(C)C)[C@@H](OC(=O)CC(C)C)[C@@H]2OC(=O)CC(C)C)[C@H](OC(=O)CC(C)C)[C@@H](O)[C@@H]1O. The fourth-order valence-electron chi connectivity index (χ4n) is 6.04. The van der Waals surface area contributed by atoms with Crippen LogP contribution in [0.3, 0.4) is 0 Å². The van der Waals surface area contributed by atoms with Crippen LogP contribution in [-0.2, 0) is 71.4 Å². The lowest BCUT2D eigenvalue weighted by molar-refractivity contribution is -0.390. The first-order valence-corrected chi connectivity index (χ1v) is 20.4. The number of aliphatic hydroxyl groups excluding tert-OH is 2. The molecular weight excluding hydrogens is 764 g/mol. The predicted octanol–water partition coefficient (Wildman–Crippen LogP) is 4.14. The molecule has 0 saturated carbocycles. The molecule has 0 amide bonds. The third-order valence-corrected chi connectivity index (χ3v) is 8.61. The van der Waals surface area contributed by atoms with Gasteiger partial charge >= 0.3 is 35.8 Å². The number of hydrogen-bond donors (Lipinski definition) is 2. The smallest absolute Gasteiger partial charge is 0.308 e. The molecule has 0 bridgehead atoms. The van der Waals surface area contributed by atoms with E-state index >= 15 is 0 Å². The maximum Gasteiger partial charge on any atom is 0.308 e. The lowest BCUT2D eigenvalue weighted by Crippen LogP contribution is -2.64. The Morgan fingerprint density at radius 3 is 1.36 bits per heavy atom. The molecule has 9 atom stereocenters. The highest BCUT2D eigenvalue weighted by Crippen LogP contribution is 2.42. The molecule has 2 fully saturated rings. The van der Waals surface area contributed by atoms with E-state index in [0.29, 0.717) is 0 Å². The molecule has 58 heavy (non-hydrogen) atoms. The van der Waals surface area contributed by atoms with Crippen LogP contribution < -0.4 is 0 Å². The highest BCUT2D eigenvalue weighted by atomic mass is 16.9. The molecule has 334 valence electrons. The van der Waals surface area contributed by atoms with Gasteiger partial charge in [0.15, 0.2) is 6.10 Å². The number of carbonyl (C=O) groups is 6. The minimum absolute atomic E-state index is 0.0384. The fourth-order valence-corrected chi connectivity index (χ4v) is 6.04. The molecular formula is C41H68O17. The fraction of sp³-hybridized carbons (Fsp3) is 0.854. The molecule has 2 rings (SSSR count). The van der Waals surface area contributed by atoms with Gasteiger partial charge in [-0.2, -0.15) is 0 Å². The second-order valence-electron chi connectivity index (χ2n) is 17.7. The van der Waals surface area contributed by atoms with Gasteiger partial charge < -0.3 is 48.1 Å². The van der Waals surface area contributed by atoms with Crippen LogP contribution in [0.5, 0.6) is 0 Å². The average molecular weight is 833 g/mol. The highest BCUT2D eigenvalue weighted by Gasteiger charge is 2.65. The zero-order valence-electron chi connectivity index (χ0n) is 36.3. The van der Waals surface area contributed by atoms with Crippen molar-refractivity contribution in [2.24, 2.45) is 35.5 Å². The van der Waals surface area contributed by atoms with Crippen LogP contribution in [-0.4, -0.2) is 114 Å². The van der Waals surface area contributed by atoms with Crippen molar-refractivity contribution < 1.29 is 81.6 Å². The van der Waals surface area contributed by atoms with Crippen molar-refractivity contribution in [3.8, 4) is 0 Å². The van der Waals surface area contributed by atoms with Crippen LogP contribution in [0.25, 0.3) is 0 Å². The molecule has 0 aromatic carbocycles. The van der Waals surface area contributed by atoms with Gasteiger partial charge in [0.2, 0.25) is 24.8 Å². The summed E-state index contributed by atoms with van der Waals surface area (Å²) in [6, 6.07) is 0. The van der Waals surface area contributed by atoms with E-state index in [9.17, 15) is 39.0 Å². The van der Waals surface area contributed by atoms with Crippen molar-refractivity contribution in [1.29, 1.82) is 0 Å². The first kappa shape index (κ1) is 50.8. The summed E-state index contributed by atoms with van der Waals surface area (Å²) in [6.45, 7) is 19.8. The summed E-state index contributed by atoms with van der Waals surface area (Å²) < 4.78 is 53.1. The lowest BCUT2D eigenvalue weighted by Gasteiger charge is -2.45. The van der Waals surface area contributed by atoms with E-state index in [1.165, 1.54) is 0 Å². The van der Waals surface area contributed by atoms with Crippen LogP contribution in [0.4, 0.5) is 0 Å². The maximum absolute atomic E-state index is 13.5. The minimum atomic E-state index is -2.56. The Kier molecular flexibility index (Phi) is 20.5. The average Bonchev–Trinajstić information content (AvgIpc) is 3.31. The third kappa shape index (κ3) is 16.7. The summed E-state index contributed by atoms with van der Waals surface area (Å²) in [6.07, 6.45) is -14.8. The van der Waals surface area contributed by atoms with Gasteiger partial charge in [0.1, 0.15) is 31.5 Å². The van der Waals surface area contributed by atoms with E-state index in [0.717, 1.165) is 0 Å². The van der Waals surface area contributed by atoms with Crippen LogP contribution in [0.1, 0.15) is 122 Å². The molecule has 17 nitrogen and oxygen atoms in total. The Morgan fingerprint density at radius 1 is 0.500 bits per heavy atom. The van der Waals surface area contributed by atoms with Gasteiger partial charge in [-0.05, 0) is 35.5 Å². The van der Waals surface area contributed by atoms with Crippen molar-refractivity contribution in [2.45, 2.75) is 177 Å². The summed E-state index contributed by atoms with van der Waals surface area (Å²) in [5, 5.41) is 22.7. The second kappa shape index (κ2) is 23.4. The van der Waals surface area contributed by atoms with Gasteiger partial charge in [-0.3, -0.25) is 33.5 Å². The summed E-state index contributed by atoms with van der Waals surface area (Å²) in [4.78, 5) is 78.8. The van der Waals surface area contributed by atoms with Gasteiger partial charge in [0.05, 0.1) is 0 Å². The highest BCUT2D eigenvalue weighted by molar-refractivity contribution is 5.73. The van der Waals surface area contributed by atoms with Crippen molar-refractivity contribution >= 4 is 35.8 Å². The van der Waals surface area contributed by atoms with E-state index < -0.39 is 104 Å². The van der Waals surface area contributed by atoms with E-state index in [2.05, 4.69) is 0 Å². The van der Waals surface area contributed by atoms with Crippen LogP contribution in [0.2, 0.25) is 0 Å². The molecule has 0 spiro atoms. The first-order valence-electron chi connectivity index (χ1n) is 20.4. The van der Waals surface area contributed by atoms with Crippen molar-refractivity contribution in [1.82, 2.24) is 0 Å². The number of aliphatic hydroxyl groups is 2. The topological polar surface area (TPSA) is 226 Å². The van der Waals surface area contributed by atoms with Crippen LogP contribution in [0.15, 0.2) is 0 Å². The summed E-state index contributed by atoms with van der Waals surface area (Å²) in [5.74, 6) is -8.10. The molecule has 17 heteroatoms. The molecule has 0 aromatic heterocycles. The molecule has 2 aliphatic heterocycles. The molecule has 0 unspecified atom stereocenters. The predicted molar refractivity (Wildman–Crippen MR) is 204 cm³/mol. The number of esters is 6. The van der Waals surface area contributed by atoms with Gasteiger partial charge in [-0.1, -0.05) is 83.1 Å². The summed E-state index contributed by atoms with van der Waals surface area (Å²) in [5.41, 5.74) is 0. The first-order chi connectivity index (χ1) is 26.9. The minimum Gasteiger partial charge on any atom is -0.463 e. The third-order valence-electron chi connectivity index (χ3n) is 8.61. The van der Waals surface area contributed by atoms with Crippen molar-refractivity contribution in [3.05, 3.63) is 0 Å². The van der Waals surface area contributed by atoms with E-state index in [1.54, 1.807) is 83.1 Å². The number of hydrogen-bond acceptors (Lipinski definition) is 17. The standard InChI is InChI=1S/C41H68O17/c1-21(2)13-28(42)50-19-27-34(48)35(49)36(53-30(44)15-23(5)6)39(52-27)57-41(20-51-29(43)14-22(3)4)38(55-32(46)17-25(9)10)37(54-31(45)16-24(7)8)40(58-41)56-33(47)18-26(11)12/h21-27,34-40,48-49H,13-20H2,1-12H3/t27-,34-,35+,36-,37+,38+,39-,40+,41-/m1/s1. The Labute approximate surface area is 342 Å². The maximum atomic E-state index is 13.5. The largest absolute Gasteiger partial charge is 0.463 e. The molecule has 0 radical (unpaired) electrons. The molecule has 0 aromatic rings. The summed E-state index contributed by atoms with van der Waals surface area (Å²) in [7, 11) is 0. The van der Waals surface area contributed by atoms with E-state index in [-0.39, 0.29) is 74.0 Å². The number of ether oxygens (including phenoxy) is 9. The quantitative estimate of drug-likeness (QED) is 0.115. The Bertz CT molecular complexity index is 1360. The zero-order valence-corrected chi connectivity index (χ0v) is 36.3. The van der Waals surface area contributed by atoms with Gasteiger partial charge in [0.25, 0.3) is 5.79 Å². The van der Waals surface area contributed by atoms with E-state index in [1.807, 2.05) is 0 Å². The Balaban J connectivity index is 2.84. The lowest BCUT2D eigenvalue weighted by atomic mass is 9.98. The van der Waals surface area contributed by atoms with Gasteiger partial charge in [-0.15, -0.1) is 0 Å². The second-order valence-corrected chi connectivity index (χ2v) is 17.7. The number of carbonyl (C=O) groups excluding carboxylic acids is 6. The van der Waals surface area contributed by atoms with E-state index in [4.69, 9.17) is 42.6 Å². The van der Waals surface area contributed by atoms with Gasteiger partial charge in [0, 0.05) is 38.5 Å². The Hall–Kier alpha value is -3.38. The zero-order chi connectivity index (χ0) is 44.1. The monoisotopic (exact) mass is 832 g/mol. The molecule has 2 aliphatic rings. The normalized spacial score (nSPS) is 27.3. The van der Waals surface area contributed by atoms with Crippen molar-refractivity contribution in [3.63, 3.8) is 0 Å². The van der Waals surface area contributed by atoms with Crippen molar-refractivity contribution in [2.75, 3.05) is 13.2 Å². The number of rotatable bonds is 22. The molecule has 2 heterocycles. The summed E-state index contributed by atoms with van der Waals surface area (Å²) >= 11 is 0. The molecule has 0 aliphatic carbocycles. The van der Waals surface area contributed by atoms with Crippen LogP contribution >= 0.6 is 0 Å².